The van der Waals surface area contributed by atoms with Gasteiger partial charge in [0.15, 0.2) is 0 Å². The van der Waals surface area contributed by atoms with Crippen LogP contribution in [-0.2, 0) is 11.8 Å². The Morgan fingerprint density at radius 3 is 2.50 bits per heavy atom. The van der Waals surface area contributed by atoms with Crippen molar-refractivity contribution in [3.05, 3.63) is 0 Å². The van der Waals surface area contributed by atoms with Crippen molar-refractivity contribution in [1.29, 1.82) is 0 Å². The molecule has 0 aromatic heterocycles. The van der Waals surface area contributed by atoms with Crippen LogP contribution in [-0.4, -0.2) is 13.1 Å². The maximum Gasteiger partial charge on any atom is 0.148 e. The summed E-state index contributed by atoms with van der Waals surface area (Å²) in [7, 11) is 0. The van der Waals surface area contributed by atoms with Gasteiger partial charge in [0.2, 0.25) is 0 Å². The van der Waals surface area contributed by atoms with Gasteiger partial charge in [0.05, 0.1) is 0 Å². The lowest BCUT2D eigenvalue weighted by Crippen LogP contribution is -2.46. The molecule has 0 bridgehead atoms. The zero-order valence-corrected chi connectivity index (χ0v) is 6.06. The van der Waals surface area contributed by atoms with Crippen molar-refractivity contribution < 1.29 is 0 Å². The van der Waals surface area contributed by atoms with E-state index in [0.29, 0.717) is 0 Å². The van der Waals surface area contributed by atoms with E-state index in [4.69, 9.17) is 17.3 Å². The van der Waals surface area contributed by atoms with Gasteiger partial charge < -0.3 is 0 Å². The fourth-order valence-electron chi connectivity index (χ4n) is 0.497. The van der Waals surface area contributed by atoms with Crippen LogP contribution >= 0.6 is 6.49 Å². The van der Waals surface area contributed by atoms with E-state index in [1.807, 2.05) is 0 Å². The Kier molecular flexibility index (Phi) is 1.97. The lowest BCUT2D eigenvalue weighted by atomic mass is 10.7. The lowest BCUT2D eigenvalue weighted by molar-refractivity contribution is 0.621. The first-order valence-corrected chi connectivity index (χ1v) is 5.22. The number of hydrogen-bond acceptors (Lipinski definition) is 2. The first kappa shape index (κ1) is 6.61. The minimum absolute atomic E-state index is 0.862. The minimum Gasteiger partial charge on any atom is -0.279 e. The SMILES string of the molecule is NP1(=S)NCCNN1. The molecular weight excluding hydrogens is 143 g/mol. The molecule has 0 radical (unpaired) electrons. The molecule has 0 spiro atoms. The van der Waals surface area contributed by atoms with E-state index >= 15 is 0 Å². The first-order chi connectivity index (χ1) is 3.71. The molecule has 1 aliphatic heterocycles. The highest BCUT2D eigenvalue weighted by atomic mass is 32.4. The Balaban J connectivity index is 2.45. The molecule has 0 aromatic rings. The number of hydrogen-bond donors (Lipinski definition) is 4. The molecule has 1 saturated heterocycles. The van der Waals surface area contributed by atoms with Crippen molar-refractivity contribution in [3.8, 4) is 0 Å². The van der Waals surface area contributed by atoms with E-state index in [2.05, 4.69) is 15.7 Å². The predicted octanol–water partition coefficient (Wildman–Crippen LogP) is -1.13. The molecular formula is C2H9N4PS. The number of nitrogens with one attached hydrogen (secondary N) is 3. The van der Waals surface area contributed by atoms with E-state index in [9.17, 15) is 0 Å². The average Bonchev–Trinajstić information content (AvgIpc) is 1.65. The smallest absolute Gasteiger partial charge is 0.148 e. The predicted molar refractivity (Wildman–Crippen MR) is 37.6 cm³/mol. The van der Waals surface area contributed by atoms with Crippen LogP contribution in [0.5, 0.6) is 0 Å². The normalized spacial score (nSPS) is 39.6. The van der Waals surface area contributed by atoms with Gasteiger partial charge in [-0.05, 0) is 11.8 Å². The highest BCUT2D eigenvalue weighted by Crippen LogP contribution is 2.23. The molecule has 1 aliphatic rings. The average molecular weight is 152 g/mol. The largest absolute Gasteiger partial charge is 0.279 e. The van der Waals surface area contributed by atoms with Crippen molar-refractivity contribution >= 4 is 18.3 Å². The summed E-state index contributed by atoms with van der Waals surface area (Å²) in [6, 6.07) is 0. The van der Waals surface area contributed by atoms with Crippen LogP contribution in [0.15, 0.2) is 0 Å². The number of nitrogens with two attached hydrogens (primary N) is 1. The number of rotatable bonds is 0. The molecule has 0 saturated carbocycles. The van der Waals surface area contributed by atoms with Crippen LogP contribution in [0.4, 0.5) is 0 Å². The van der Waals surface area contributed by atoms with Gasteiger partial charge in [-0.25, -0.2) is 5.20 Å². The highest BCUT2D eigenvalue weighted by molar-refractivity contribution is 8.11. The zero-order valence-electron chi connectivity index (χ0n) is 4.35. The molecule has 1 atom stereocenters. The van der Waals surface area contributed by atoms with E-state index in [-0.39, 0.29) is 0 Å². The molecule has 0 aliphatic carbocycles. The van der Waals surface area contributed by atoms with Gasteiger partial charge in [-0.3, -0.25) is 16.0 Å². The van der Waals surface area contributed by atoms with Crippen LogP contribution < -0.4 is 21.2 Å². The van der Waals surface area contributed by atoms with E-state index in [1.165, 1.54) is 0 Å². The molecule has 5 N–H and O–H groups in total. The third-order valence-corrected chi connectivity index (χ3v) is 2.69. The van der Waals surface area contributed by atoms with Crippen molar-refractivity contribution in [1.82, 2.24) is 15.7 Å². The van der Waals surface area contributed by atoms with Crippen LogP contribution in [0.2, 0.25) is 0 Å². The Hall–Kier alpha value is 0.490. The fraction of sp³-hybridized carbons (Fsp3) is 1.00. The van der Waals surface area contributed by atoms with Gasteiger partial charge in [0.25, 0.3) is 0 Å². The van der Waals surface area contributed by atoms with Gasteiger partial charge in [-0.15, -0.1) is 0 Å². The molecule has 1 fully saturated rings. The Morgan fingerprint density at radius 2 is 2.25 bits per heavy atom. The Labute approximate surface area is 53.3 Å². The lowest BCUT2D eigenvalue weighted by Gasteiger charge is -2.24. The monoisotopic (exact) mass is 152 g/mol. The molecule has 6 heteroatoms. The third kappa shape index (κ3) is 1.78. The van der Waals surface area contributed by atoms with Gasteiger partial charge in [0.1, 0.15) is 6.49 Å². The van der Waals surface area contributed by atoms with E-state index in [0.717, 1.165) is 13.1 Å². The first-order valence-electron chi connectivity index (χ1n) is 2.35. The summed E-state index contributed by atoms with van der Waals surface area (Å²) in [5.41, 5.74) is 8.40. The summed E-state index contributed by atoms with van der Waals surface area (Å²) in [6.45, 7) is -0.118. The molecule has 0 aromatic carbocycles. The summed E-state index contributed by atoms with van der Waals surface area (Å²) >= 11 is 4.90. The maximum atomic E-state index is 5.52. The highest BCUT2D eigenvalue weighted by Gasteiger charge is 2.11. The summed E-state index contributed by atoms with van der Waals surface area (Å²) in [4.78, 5) is 0. The summed E-state index contributed by atoms with van der Waals surface area (Å²) in [5.74, 6) is 0. The molecule has 8 heavy (non-hydrogen) atoms. The van der Waals surface area contributed by atoms with Crippen LogP contribution in [0.25, 0.3) is 0 Å². The minimum atomic E-state index is -1.86. The zero-order chi connectivity index (χ0) is 6.04. The van der Waals surface area contributed by atoms with E-state index in [1.54, 1.807) is 0 Å². The summed E-state index contributed by atoms with van der Waals surface area (Å²) < 4.78 is 0. The molecule has 4 nitrogen and oxygen atoms in total. The van der Waals surface area contributed by atoms with Crippen LogP contribution in [0.1, 0.15) is 0 Å². The van der Waals surface area contributed by atoms with E-state index < -0.39 is 6.49 Å². The summed E-state index contributed by atoms with van der Waals surface area (Å²) in [5, 5.41) is 5.79. The van der Waals surface area contributed by atoms with Crippen LogP contribution in [0, 0.1) is 0 Å². The maximum absolute atomic E-state index is 5.52. The fourth-order valence-corrected chi connectivity index (χ4v) is 1.83. The topological polar surface area (TPSA) is 62.1 Å². The molecule has 48 valence electrons. The van der Waals surface area contributed by atoms with Gasteiger partial charge in [-0.2, -0.15) is 0 Å². The Bertz CT molecular complexity index is 115. The molecule has 0 amide bonds. The van der Waals surface area contributed by atoms with Gasteiger partial charge >= 0.3 is 0 Å². The standard InChI is InChI=1S/C2H9N4PS/c3-7(8)5-2-1-4-6-7/h4H,1-2H2,(H4,3,5,6,8). The molecule has 1 rings (SSSR count). The second-order valence-electron chi connectivity index (χ2n) is 1.60. The molecule has 1 unspecified atom stereocenters. The van der Waals surface area contributed by atoms with Gasteiger partial charge in [0, 0.05) is 13.1 Å². The van der Waals surface area contributed by atoms with Gasteiger partial charge in [-0.1, -0.05) is 0 Å². The number of hydrazine groups is 1. The second kappa shape index (κ2) is 2.39. The van der Waals surface area contributed by atoms with Crippen molar-refractivity contribution in [2.45, 2.75) is 0 Å². The molecule has 1 heterocycles. The van der Waals surface area contributed by atoms with Crippen LogP contribution in [0.3, 0.4) is 0 Å². The second-order valence-corrected chi connectivity index (χ2v) is 5.19. The third-order valence-electron chi connectivity index (χ3n) is 0.842. The summed E-state index contributed by atoms with van der Waals surface area (Å²) in [6.07, 6.45) is 0. The quantitative estimate of drug-likeness (QED) is 0.331. The van der Waals surface area contributed by atoms with Crippen molar-refractivity contribution in [2.75, 3.05) is 13.1 Å². The van der Waals surface area contributed by atoms with Crippen molar-refractivity contribution in [2.24, 2.45) is 5.50 Å². The van der Waals surface area contributed by atoms with Crippen molar-refractivity contribution in [3.63, 3.8) is 0 Å². The Morgan fingerprint density at radius 1 is 1.50 bits per heavy atom.